The number of rotatable bonds is 9. The van der Waals surface area contributed by atoms with Gasteiger partial charge in [-0.1, -0.05) is 42.8 Å². The van der Waals surface area contributed by atoms with Crippen molar-refractivity contribution in [1.82, 2.24) is 14.8 Å². The minimum Gasteiger partial charge on any atom is -0.325 e. The number of nitrogens with zero attached hydrogens (tertiary/aromatic N) is 3. The fourth-order valence-corrected chi connectivity index (χ4v) is 4.58. The molecule has 3 rings (SSSR count). The first-order valence-electron chi connectivity index (χ1n) is 9.01. The smallest absolute Gasteiger partial charge is 0.234 e. The summed E-state index contributed by atoms with van der Waals surface area (Å²) in [7, 11) is 0. The van der Waals surface area contributed by atoms with Gasteiger partial charge in [0.1, 0.15) is 5.82 Å². The second-order valence-electron chi connectivity index (χ2n) is 6.22. The molecule has 3 aromatic rings. The molecule has 0 saturated carbocycles. The minimum atomic E-state index is -0.528. The van der Waals surface area contributed by atoms with Crippen LogP contribution in [0.5, 0.6) is 0 Å². The second-order valence-corrected chi connectivity index (χ2v) is 8.57. The quantitative estimate of drug-likeness (QED) is 0.337. The maximum Gasteiger partial charge on any atom is 0.234 e. The molecule has 0 unspecified atom stereocenters. The summed E-state index contributed by atoms with van der Waals surface area (Å²) in [6, 6.07) is 6.19. The summed E-state index contributed by atoms with van der Waals surface area (Å²) in [5, 5.41) is 13.9. The largest absolute Gasteiger partial charge is 0.325 e. The van der Waals surface area contributed by atoms with Crippen LogP contribution in [0.4, 0.5) is 10.1 Å². The lowest BCUT2D eigenvalue weighted by atomic mass is 10.2. The van der Waals surface area contributed by atoms with E-state index in [1.165, 1.54) is 34.8 Å². The number of aromatic nitrogens is 3. The van der Waals surface area contributed by atoms with Gasteiger partial charge in [0.05, 0.1) is 10.8 Å². The number of hydrogen-bond acceptors (Lipinski definition) is 5. The van der Waals surface area contributed by atoms with E-state index >= 15 is 0 Å². The van der Waals surface area contributed by atoms with Crippen LogP contribution < -0.4 is 5.32 Å². The molecule has 0 radical (unpaired) electrons. The van der Waals surface area contributed by atoms with Crippen molar-refractivity contribution in [3.8, 4) is 11.4 Å². The lowest BCUT2D eigenvalue weighted by molar-refractivity contribution is -0.113. The van der Waals surface area contributed by atoms with E-state index in [0.29, 0.717) is 17.4 Å². The maximum atomic E-state index is 13.2. The van der Waals surface area contributed by atoms with Crippen molar-refractivity contribution in [3.05, 3.63) is 58.0 Å². The van der Waals surface area contributed by atoms with Gasteiger partial charge in [-0.2, -0.15) is 0 Å². The lowest BCUT2D eigenvalue weighted by Crippen LogP contribution is -2.14. The van der Waals surface area contributed by atoms with Gasteiger partial charge in [-0.05, 0) is 30.7 Å². The molecule has 9 heteroatoms. The average Bonchev–Trinajstić information content (AvgIpc) is 3.31. The summed E-state index contributed by atoms with van der Waals surface area (Å²) >= 11 is 8.74. The van der Waals surface area contributed by atoms with Gasteiger partial charge in [0, 0.05) is 28.1 Å². The molecule has 1 aromatic carbocycles. The molecule has 0 aliphatic heterocycles. The molecule has 0 aliphatic rings. The molecular formula is C20H20ClFN4OS2. The number of carbonyl (C=O) groups is 1. The summed E-state index contributed by atoms with van der Waals surface area (Å²) in [4.78, 5) is 13.6. The van der Waals surface area contributed by atoms with E-state index in [-0.39, 0.29) is 16.7 Å². The number of aryl methyl sites for hydroxylation is 1. The number of thiophene rings is 1. The number of allylic oxidation sites excluding steroid dienone is 1. The second kappa shape index (κ2) is 10.0. The zero-order valence-electron chi connectivity index (χ0n) is 15.8. The highest BCUT2D eigenvalue weighted by Gasteiger charge is 2.16. The Morgan fingerprint density at radius 3 is 2.97 bits per heavy atom. The fraction of sp³-hybridized carbons (Fsp3) is 0.250. The molecule has 1 N–H and O–H groups in total. The number of anilines is 1. The van der Waals surface area contributed by atoms with Crippen molar-refractivity contribution in [1.29, 1.82) is 0 Å². The van der Waals surface area contributed by atoms with Crippen molar-refractivity contribution in [2.45, 2.75) is 31.5 Å². The van der Waals surface area contributed by atoms with Crippen molar-refractivity contribution >= 4 is 46.3 Å². The van der Waals surface area contributed by atoms with Crippen LogP contribution in [0.1, 0.15) is 18.2 Å². The molecule has 29 heavy (non-hydrogen) atoms. The third kappa shape index (κ3) is 5.46. The van der Waals surface area contributed by atoms with E-state index in [9.17, 15) is 9.18 Å². The van der Waals surface area contributed by atoms with Gasteiger partial charge in [0.25, 0.3) is 0 Å². The van der Waals surface area contributed by atoms with E-state index in [1.54, 1.807) is 17.4 Å². The van der Waals surface area contributed by atoms with E-state index in [2.05, 4.69) is 40.5 Å². The van der Waals surface area contributed by atoms with Gasteiger partial charge in [0.15, 0.2) is 11.0 Å². The van der Waals surface area contributed by atoms with Crippen LogP contribution in [-0.2, 0) is 17.8 Å². The molecular weight excluding hydrogens is 431 g/mol. The first kappa shape index (κ1) is 21.5. The Kier molecular flexibility index (Phi) is 7.46. The number of amides is 1. The van der Waals surface area contributed by atoms with E-state index in [4.69, 9.17) is 11.6 Å². The molecule has 0 fully saturated rings. The van der Waals surface area contributed by atoms with Crippen molar-refractivity contribution in [2.75, 3.05) is 11.1 Å². The molecule has 0 bridgehead atoms. The molecule has 1 amide bonds. The third-order valence-corrected chi connectivity index (χ3v) is 6.23. The topological polar surface area (TPSA) is 59.8 Å². The van der Waals surface area contributed by atoms with Crippen molar-refractivity contribution in [2.24, 2.45) is 0 Å². The summed E-state index contributed by atoms with van der Waals surface area (Å²) < 4.78 is 15.2. The van der Waals surface area contributed by atoms with Crippen LogP contribution in [0.15, 0.2) is 47.5 Å². The minimum absolute atomic E-state index is 0.0379. The van der Waals surface area contributed by atoms with Crippen molar-refractivity contribution < 1.29 is 9.18 Å². The molecule has 152 valence electrons. The molecule has 0 atom stereocenters. The fourth-order valence-electron chi connectivity index (χ4n) is 2.68. The Morgan fingerprint density at radius 1 is 1.41 bits per heavy atom. The Morgan fingerprint density at radius 2 is 2.24 bits per heavy atom. The first-order chi connectivity index (χ1) is 14.0. The number of nitrogens with one attached hydrogen (secondary N) is 1. The van der Waals surface area contributed by atoms with Gasteiger partial charge in [-0.25, -0.2) is 4.39 Å². The first-order valence-corrected chi connectivity index (χ1v) is 11.3. The predicted molar refractivity (Wildman–Crippen MR) is 118 cm³/mol. The normalized spacial score (nSPS) is 10.9. The molecule has 2 heterocycles. The highest BCUT2D eigenvalue weighted by atomic mass is 35.5. The van der Waals surface area contributed by atoms with E-state index < -0.39 is 5.82 Å². The number of benzene rings is 1. The Labute approximate surface area is 182 Å². The monoisotopic (exact) mass is 450 g/mol. The molecule has 5 nitrogen and oxygen atoms in total. The molecule has 0 aliphatic carbocycles. The van der Waals surface area contributed by atoms with Crippen LogP contribution in [-0.4, -0.2) is 26.4 Å². The van der Waals surface area contributed by atoms with Gasteiger partial charge in [0.2, 0.25) is 5.91 Å². The zero-order valence-corrected chi connectivity index (χ0v) is 18.2. The zero-order chi connectivity index (χ0) is 20.8. The number of carbonyl (C=O) groups excluding carboxylic acids is 1. The van der Waals surface area contributed by atoms with Crippen LogP contribution in [0.2, 0.25) is 5.02 Å². The lowest BCUT2D eigenvalue weighted by Gasteiger charge is -2.08. The third-order valence-electron chi connectivity index (χ3n) is 3.97. The Balaban J connectivity index is 1.69. The average molecular weight is 451 g/mol. The highest BCUT2D eigenvalue weighted by molar-refractivity contribution is 7.99. The van der Waals surface area contributed by atoms with E-state index in [0.717, 1.165) is 24.2 Å². The molecule has 2 aromatic heterocycles. The number of thioether (sulfide) groups is 1. The van der Waals surface area contributed by atoms with Crippen LogP contribution >= 0.6 is 34.7 Å². The van der Waals surface area contributed by atoms with Crippen LogP contribution in [0.25, 0.3) is 11.4 Å². The summed E-state index contributed by atoms with van der Waals surface area (Å²) in [5.74, 6) is 0.124. The molecule has 0 spiro atoms. The Bertz CT molecular complexity index is 1020. The summed E-state index contributed by atoms with van der Waals surface area (Å²) in [6.07, 6.45) is 3.90. The maximum absolute atomic E-state index is 13.2. The van der Waals surface area contributed by atoms with Gasteiger partial charge >= 0.3 is 0 Å². The summed E-state index contributed by atoms with van der Waals surface area (Å²) in [5.41, 5.74) is 1.46. The predicted octanol–water partition coefficient (Wildman–Crippen LogP) is 5.67. The van der Waals surface area contributed by atoms with Crippen LogP contribution in [0, 0.1) is 5.82 Å². The van der Waals surface area contributed by atoms with Gasteiger partial charge in [-0.3, -0.25) is 9.36 Å². The van der Waals surface area contributed by atoms with Crippen molar-refractivity contribution in [3.63, 3.8) is 0 Å². The SMILES string of the molecule is C=CCn1c(SCC(=O)Nc2ccc(F)c(Cl)c2)nnc1-c1csc(CCC)c1. The summed E-state index contributed by atoms with van der Waals surface area (Å²) in [6.45, 7) is 6.50. The highest BCUT2D eigenvalue weighted by Crippen LogP contribution is 2.28. The number of halogens is 2. The number of hydrogen-bond donors (Lipinski definition) is 1. The van der Waals surface area contributed by atoms with Gasteiger partial charge < -0.3 is 5.32 Å². The Hall–Kier alpha value is -2.16. The van der Waals surface area contributed by atoms with E-state index in [1.807, 2.05) is 4.57 Å². The van der Waals surface area contributed by atoms with Crippen LogP contribution in [0.3, 0.4) is 0 Å². The standard InChI is InChI=1S/C20H20ClFN4OS2/c1-3-5-15-9-13(11-28-15)19-24-25-20(26(19)8-4-2)29-12-18(27)23-14-6-7-17(22)16(21)10-14/h4,6-7,9-11H,2-3,5,8,12H2,1H3,(H,23,27). The van der Waals surface area contributed by atoms with Gasteiger partial charge in [-0.15, -0.1) is 28.1 Å². The molecule has 0 saturated heterocycles.